The Labute approximate surface area is 104 Å². The molecule has 4 heteroatoms. The Morgan fingerprint density at radius 1 is 1.44 bits per heavy atom. The molecule has 0 heterocycles. The van der Waals surface area contributed by atoms with E-state index in [0.29, 0.717) is 6.54 Å². The fourth-order valence-corrected chi connectivity index (χ4v) is 1.68. The quantitative estimate of drug-likeness (QED) is 0.665. The first-order valence-corrected chi connectivity index (χ1v) is 6.03. The molecule has 0 saturated carbocycles. The SMILES string of the molecule is COC(=O)C(Br)CNCc1ccc(C)cc1. The third-order valence-electron chi connectivity index (χ3n) is 2.23. The monoisotopic (exact) mass is 285 g/mol. The van der Waals surface area contributed by atoms with Crippen molar-refractivity contribution < 1.29 is 9.53 Å². The number of hydrogen-bond donors (Lipinski definition) is 1. The Morgan fingerprint density at radius 3 is 2.62 bits per heavy atom. The fraction of sp³-hybridized carbons (Fsp3) is 0.417. The summed E-state index contributed by atoms with van der Waals surface area (Å²) in [4.78, 5) is 10.8. The van der Waals surface area contributed by atoms with Gasteiger partial charge in [-0.2, -0.15) is 0 Å². The molecule has 0 amide bonds. The van der Waals surface area contributed by atoms with Crippen molar-refractivity contribution in [1.82, 2.24) is 5.32 Å². The van der Waals surface area contributed by atoms with Crippen molar-refractivity contribution in [2.24, 2.45) is 0 Å². The van der Waals surface area contributed by atoms with E-state index in [1.165, 1.54) is 18.2 Å². The predicted molar refractivity (Wildman–Crippen MR) is 67.6 cm³/mol. The van der Waals surface area contributed by atoms with E-state index in [0.717, 1.165) is 6.54 Å². The van der Waals surface area contributed by atoms with Crippen LogP contribution in [0.2, 0.25) is 0 Å². The Kier molecular flexibility index (Phi) is 5.49. The molecule has 0 radical (unpaired) electrons. The number of carbonyl (C=O) groups excluding carboxylic acids is 1. The van der Waals surface area contributed by atoms with Gasteiger partial charge in [-0.15, -0.1) is 0 Å². The lowest BCUT2D eigenvalue weighted by Gasteiger charge is -2.09. The maximum Gasteiger partial charge on any atom is 0.320 e. The number of hydrogen-bond acceptors (Lipinski definition) is 3. The van der Waals surface area contributed by atoms with Gasteiger partial charge in [-0.25, -0.2) is 0 Å². The molecule has 0 aromatic heterocycles. The molecule has 88 valence electrons. The molecule has 0 aliphatic rings. The zero-order chi connectivity index (χ0) is 12.0. The van der Waals surface area contributed by atoms with Gasteiger partial charge in [0.15, 0.2) is 0 Å². The van der Waals surface area contributed by atoms with Crippen molar-refractivity contribution in [1.29, 1.82) is 0 Å². The average Bonchev–Trinajstić information content (AvgIpc) is 2.30. The molecule has 0 saturated heterocycles. The van der Waals surface area contributed by atoms with Crippen LogP contribution < -0.4 is 5.32 Å². The van der Waals surface area contributed by atoms with Crippen LogP contribution in [-0.4, -0.2) is 24.5 Å². The molecular formula is C12H16BrNO2. The number of halogens is 1. The number of nitrogens with one attached hydrogen (secondary N) is 1. The second kappa shape index (κ2) is 6.66. The van der Waals surface area contributed by atoms with E-state index in [2.05, 4.69) is 57.2 Å². The summed E-state index contributed by atoms with van der Waals surface area (Å²) in [6.07, 6.45) is 0. The minimum atomic E-state index is -0.289. The van der Waals surface area contributed by atoms with Crippen LogP contribution in [0.25, 0.3) is 0 Å². The van der Waals surface area contributed by atoms with Crippen molar-refractivity contribution in [3.63, 3.8) is 0 Å². The van der Waals surface area contributed by atoms with Crippen molar-refractivity contribution in [2.45, 2.75) is 18.3 Å². The van der Waals surface area contributed by atoms with E-state index in [-0.39, 0.29) is 10.8 Å². The standard InChI is InChI=1S/C12H16BrNO2/c1-9-3-5-10(6-4-9)7-14-8-11(13)12(15)16-2/h3-6,11,14H,7-8H2,1-2H3. The topological polar surface area (TPSA) is 38.3 Å². The van der Waals surface area contributed by atoms with Crippen molar-refractivity contribution in [3.8, 4) is 0 Å². The van der Waals surface area contributed by atoms with E-state index < -0.39 is 0 Å². The maximum absolute atomic E-state index is 11.1. The third-order valence-corrected chi connectivity index (χ3v) is 2.93. The van der Waals surface area contributed by atoms with Crippen LogP contribution in [0.15, 0.2) is 24.3 Å². The van der Waals surface area contributed by atoms with E-state index >= 15 is 0 Å². The molecule has 0 aliphatic carbocycles. The normalized spacial score (nSPS) is 12.2. The van der Waals surface area contributed by atoms with Crippen molar-refractivity contribution >= 4 is 21.9 Å². The highest BCUT2D eigenvalue weighted by Gasteiger charge is 2.13. The number of esters is 1. The molecule has 0 spiro atoms. The summed E-state index contributed by atoms with van der Waals surface area (Å²) >= 11 is 3.25. The van der Waals surface area contributed by atoms with Crippen LogP contribution >= 0.6 is 15.9 Å². The summed E-state index contributed by atoms with van der Waals surface area (Å²) in [5, 5.41) is 3.19. The van der Waals surface area contributed by atoms with E-state index in [9.17, 15) is 4.79 Å². The van der Waals surface area contributed by atoms with E-state index in [1.54, 1.807) is 0 Å². The minimum absolute atomic E-state index is 0.253. The average molecular weight is 286 g/mol. The second-order valence-electron chi connectivity index (χ2n) is 3.61. The number of carbonyl (C=O) groups is 1. The zero-order valence-corrected chi connectivity index (χ0v) is 11.1. The van der Waals surface area contributed by atoms with Crippen molar-refractivity contribution in [3.05, 3.63) is 35.4 Å². The molecule has 1 rings (SSSR count). The molecule has 1 unspecified atom stereocenters. The Balaban J connectivity index is 2.30. The third kappa shape index (κ3) is 4.33. The number of alkyl halides is 1. The zero-order valence-electron chi connectivity index (χ0n) is 9.50. The number of benzene rings is 1. The first-order valence-electron chi connectivity index (χ1n) is 5.11. The molecule has 16 heavy (non-hydrogen) atoms. The van der Waals surface area contributed by atoms with E-state index in [1.807, 2.05) is 0 Å². The van der Waals surface area contributed by atoms with E-state index in [4.69, 9.17) is 0 Å². The van der Waals surface area contributed by atoms with Crippen LogP contribution in [0, 0.1) is 6.92 Å². The fourth-order valence-electron chi connectivity index (χ4n) is 1.26. The largest absolute Gasteiger partial charge is 0.468 e. The van der Waals surface area contributed by atoms with Gasteiger partial charge in [-0.05, 0) is 12.5 Å². The molecule has 1 aromatic carbocycles. The van der Waals surface area contributed by atoms with Crippen LogP contribution in [0.4, 0.5) is 0 Å². The Hall–Kier alpha value is -0.870. The first-order chi connectivity index (χ1) is 7.63. The van der Waals surface area contributed by atoms with Crippen LogP contribution in [-0.2, 0) is 16.1 Å². The van der Waals surface area contributed by atoms with Crippen LogP contribution in [0.3, 0.4) is 0 Å². The van der Waals surface area contributed by atoms with Crippen LogP contribution in [0.1, 0.15) is 11.1 Å². The second-order valence-corrected chi connectivity index (χ2v) is 4.71. The lowest BCUT2D eigenvalue weighted by Crippen LogP contribution is -2.29. The first kappa shape index (κ1) is 13.2. The van der Waals surface area contributed by atoms with Gasteiger partial charge in [0.05, 0.1) is 7.11 Å². The summed E-state index contributed by atoms with van der Waals surface area (Å²) in [6.45, 7) is 3.36. The maximum atomic E-state index is 11.1. The van der Waals surface area contributed by atoms with Gasteiger partial charge in [0.1, 0.15) is 4.83 Å². The highest BCUT2D eigenvalue weighted by molar-refractivity contribution is 9.10. The summed E-state index contributed by atoms with van der Waals surface area (Å²) < 4.78 is 4.60. The lowest BCUT2D eigenvalue weighted by molar-refractivity contribution is -0.139. The summed E-state index contributed by atoms with van der Waals surface area (Å²) in [5.41, 5.74) is 2.45. The van der Waals surface area contributed by atoms with Gasteiger partial charge in [-0.3, -0.25) is 4.79 Å². The lowest BCUT2D eigenvalue weighted by atomic mass is 10.1. The number of aryl methyl sites for hydroxylation is 1. The van der Waals surface area contributed by atoms with Gasteiger partial charge in [0, 0.05) is 13.1 Å². The number of rotatable bonds is 5. The molecule has 0 bridgehead atoms. The summed E-state index contributed by atoms with van der Waals surface area (Å²) in [5.74, 6) is -0.253. The highest BCUT2D eigenvalue weighted by atomic mass is 79.9. The van der Waals surface area contributed by atoms with Gasteiger partial charge in [0.2, 0.25) is 0 Å². The van der Waals surface area contributed by atoms with Crippen molar-refractivity contribution in [2.75, 3.05) is 13.7 Å². The molecule has 1 atom stereocenters. The van der Waals surface area contributed by atoms with Crippen LogP contribution in [0.5, 0.6) is 0 Å². The van der Waals surface area contributed by atoms with Gasteiger partial charge >= 0.3 is 5.97 Å². The highest BCUT2D eigenvalue weighted by Crippen LogP contribution is 2.04. The molecule has 1 N–H and O–H groups in total. The minimum Gasteiger partial charge on any atom is -0.468 e. The summed E-state index contributed by atoms with van der Waals surface area (Å²) in [6, 6.07) is 8.29. The molecule has 3 nitrogen and oxygen atoms in total. The molecule has 0 fully saturated rings. The predicted octanol–water partition coefficient (Wildman–Crippen LogP) is 2.02. The van der Waals surface area contributed by atoms with Gasteiger partial charge in [-0.1, -0.05) is 45.8 Å². The molecule has 0 aliphatic heterocycles. The molecule has 1 aromatic rings. The van der Waals surface area contributed by atoms with Gasteiger partial charge in [0.25, 0.3) is 0 Å². The smallest absolute Gasteiger partial charge is 0.320 e. The molecular weight excluding hydrogens is 270 g/mol. The number of methoxy groups -OCH3 is 1. The van der Waals surface area contributed by atoms with Gasteiger partial charge < -0.3 is 10.1 Å². The number of ether oxygens (including phenoxy) is 1. The Morgan fingerprint density at radius 2 is 2.06 bits per heavy atom. The Bertz CT molecular complexity index is 337. The summed E-state index contributed by atoms with van der Waals surface area (Å²) in [7, 11) is 1.39.